The lowest BCUT2D eigenvalue weighted by molar-refractivity contribution is 0.259. The molecule has 0 radical (unpaired) electrons. The standard InChI is InChI=1S/C13H14N4O3S/c14-13(18)17-11-3-5-12(6-4-11)21(19,20)16-9-10-2-1-7-15-8-10/h1-8,16H,9H2,(H3,14,17,18). The molecule has 0 aliphatic carbocycles. The van der Waals surface area contributed by atoms with Crippen LogP contribution in [0, 0.1) is 0 Å². The number of urea groups is 1. The van der Waals surface area contributed by atoms with Gasteiger partial charge in [-0.15, -0.1) is 0 Å². The summed E-state index contributed by atoms with van der Waals surface area (Å²) >= 11 is 0. The highest BCUT2D eigenvalue weighted by Crippen LogP contribution is 2.14. The Labute approximate surface area is 122 Å². The van der Waals surface area contributed by atoms with Crippen LogP contribution in [0.2, 0.25) is 0 Å². The normalized spacial score (nSPS) is 11.0. The molecule has 21 heavy (non-hydrogen) atoms. The van der Waals surface area contributed by atoms with Gasteiger partial charge in [0.05, 0.1) is 4.90 Å². The van der Waals surface area contributed by atoms with Crippen molar-refractivity contribution in [3.05, 3.63) is 54.4 Å². The molecule has 0 spiro atoms. The Balaban J connectivity index is 2.07. The van der Waals surface area contributed by atoms with E-state index in [0.717, 1.165) is 5.56 Å². The molecule has 4 N–H and O–H groups in total. The second kappa shape index (κ2) is 6.33. The minimum absolute atomic E-state index is 0.0985. The topological polar surface area (TPSA) is 114 Å². The van der Waals surface area contributed by atoms with Crippen LogP contribution in [0.25, 0.3) is 0 Å². The number of anilines is 1. The molecule has 0 aliphatic heterocycles. The zero-order chi connectivity index (χ0) is 15.3. The maximum atomic E-state index is 12.1. The number of primary amides is 1. The molecule has 110 valence electrons. The molecular weight excluding hydrogens is 292 g/mol. The number of carbonyl (C=O) groups excluding carboxylic acids is 1. The van der Waals surface area contributed by atoms with Gasteiger partial charge in [-0.2, -0.15) is 0 Å². The minimum atomic E-state index is -3.63. The van der Waals surface area contributed by atoms with Crippen molar-refractivity contribution in [3.8, 4) is 0 Å². The van der Waals surface area contributed by atoms with E-state index in [1.807, 2.05) is 0 Å². The van der Waals surface area contributed by atoms with Gasteiger partial charge in [0.2, 0.25) is 10.0 Å². The summed E-state index contributed by atoms with van der Waals surface area (Å²) in [5, 5.41) is 2.36. The third-order valence-electron chi connectivity index (χ3n) is 2.62. The summed E-state index contributed by atoms with van der Waals surface area (Å²) in [6.07, 6.45) is 3.20. The quantitative estimate of drug-likeness (QED) is 0.766. The van der Waals surface area contributed by atoms with Gasteiger partial charge in [-0.05, 0) is 35.9 Å². The van der Waals surface area contributed by atoms with Crippen LogP contribution in [-0.4, -0.2) is 19.4 Å². The molecule has 2 aromatic rings. The molecule has 8 heteroatoms. The van der Waals surface area contributed by atoms with Gasteiger partial charge >= 0.3 is 6.03 Å². The first kappa shape index (κ1) is 14.9. The summed E-state index contributed by atoms with van der Waals surface area (Å²) < 4.78 is 26.7. The minimum Gasteiger partial charge on any atom is -0.351 e. The van der Waals surface area contributed by atoms with E-state index in [9.17, 15) is 13.2 Å². The molecule has 0 atom stereocenters. The van der Waals surface area contributed by atoms with Crippen molar-refractivity contribution in [2.45, 2.75) is 11.4 Å². The molecule has 1 aromatic heterocycles. The van der Waals surface area contributed by atoms with E-state index in [-0.39, 0.29) is 11.4 Å². The van der Waals surface area contributed by atoms with Gasteiger partial charge in [-0.3, -0.25) is 4.98 Å². The average molecular weight is 306 g/mol. The largest absolute Gasteiger partial charge is 0.351 e. The van der Waals surface area contributed by atoms with Gasteiger partial charge in [0, 0.05) is 24.6 Å². The highest BCUT2D eigenvalue weighted by Gasteiger charge is 2.13. The van der Waals surface area contributed by atoms with Crippen LogP contribution in [0.3, 0.4) is 0 Å². The number of aromatic nitrogens is 1. The lowest BCUT2D eigenvalue weighted by Crippen LogP contribution is -2.23. The molecule has 0 fully saturated rings. The molecule has 0 aliphatic rings. The number of nitrogens with two attached hydrogens (primary N) is 1. The van der Waals surface area contributed by atoms with Gasteiger partial charge in [-0.1, -0.05) is 6.07 Å². The van der Waals surface area contributed by atoms with E-state index < -0.39 is 16.1 Å². The Kier molecular flexibility index (Phi) is 4.51. The summed E-state index contributed by atoms with van der Waals surface area (Å²) in [4.78, 5) is 14.7. The summed E-state index contributed by atoms with van der Waals surface area (Å²) in [6, 6.07) is 8.49. The molecule has 7 nitrogen and oxygen atoms in total. The number of hydrogen-bond acceptors (Lipinski definition) is 4. The maximum absolute atomic E-state index is 12.1. The Morgan fingerprint density at radius 2 is 1.90 bits per heavy atom. The van der Waals surface area contributed by atoms with E-state index in [1.165, 1.54) is 24.3 Å². The number of nitrogens with zero attached hydrogens (tertiary/aromatic N) is 1. The van der Waals surface area contributed by atoms with Crippen molar-refractivity contribution in [2.75, 3.05) is 5.32 Å². The van der Waals surface area contributed by atoms with E-state index in [1.54, 1.807) is 24.5 Å². The highest BCUT2D eigenvalue weighted by atomic mass is 32.2. The molecule has 2 amide bonds. The number of carbonyl (C=O) groups is 1. The Bertz CT molecular complexity index is 715. The van der Waals surface area contributed by atoms with Gasteiger partial charge in [-0.25, -0.2) is 17.9 Å². The number of amides is 2. The summed E-state index contributed by atoms with van der Waals surface area (Å²) in [6.45, 7) is 0.150. The van der Waals surface area contributed by atoms with Crippen LogP contribution in [0.4, 0.5) is 10.5 Å². The number of pyridine rings is 1. The van der Waals surface area contributed by atoms with Gasteiger partial charge in [0.25, 0.3) is 0 Å². The fraction of sp³-hybridized carbons (Fsp3) is 0.0769. The van der Waals surface area contributed by atoms with Gasteiger partial charge in [0.15, 0.2) is 0 Å². The molecular formula is C13H14N4O3S. The van der Waals surface area contributed by atoms with Crippen LogP contribution in [0.5, 0.6) is 0 Å². The lowest BCUT2D eigenvalue weighted by Gasteiger charge is -2.07. The van der Waals surface area contributed by atoms with Crippen molar-refractivity contribution < 1.29 is 13.2 Å². The number of sulfonamides is 1. The zero-order valence-corrected chi connectivity index (χ0v) is 11.8. The van der Waals surface area contributed by atoms with Crippen molar-refractivity contribution >= 4 is 21.7 Å². The Morgan fingerprint density at radius 1 is 1.19 bits per heavy atom. The third-order valence-corrected chi connectivity index (χ3v) is 4.04. The lowest BCUT2D eigenvalue weighted by atomic mass is 10.3. The fourth-order valence-electron chi connectivity index (χ4n) is 1.62. The third kappa shape index (κ3) is 4.26. The highest BCUT2D eigenvalue weighted by molar-refractivity contribution is 7.89. The Hall–Kier alpha value is -2.45. The fourth-order valence-corrected chi connectivity index (χ4v) is 2.64. The van der Waals surface area contributed by atoms with Gasteiger partial charge in [0.1, 0.15) is 0 Å². The first-order chi connectivity index (χ1) is 9.97. The predicted octanol–water partition coefficient (Wildman–Crippen LogP) is 1.05. The van der Waals surface area contributed by atoms with E-state index in [0.29, 0.717) is 5.69 Å². The number of nitrogens with one attached hydrogen (secondary N) is 2. The molecule has 1 heterocycles. The van der Waals surface area contributed by atoms with Crippen LogP contribution in [0.15, 0.2) is 53.7 Å². The molecule has 0 unspecified atom stereocenters. The molecule has 1 aromatic carbocycles. The monoisotopic (exact) mass is 306 g/mol. The smallest absolute Gasteiger partial charge is 0.316 e. The molecule has 0 saturated heterocycles. The van der Waals surface area contributed by atoms with Crippen molar-refractivity contribution in [1.82, 2.24) is 9.71 Å². The van der Waals surface area contributed by atoms with Gasteiger partial charge < -0.3 is 11.1 Å². The number of rotatable bonds is 5. The molecule has 2 rings (SSSR count). The molecule has 0 bridgehead atoms. The molecule has 0 saturated carbocycles. The Morgan fingerprint density at radius 3 is 2.48 bits per heavy atom. The zero-order valence-electron chi connectivity index (χ0n) is 11.0. The van der Waals surface area contributed by atoms with Crippen LogP contribution >= 0.6 is 0 Å². The van der Waals surface area contributed by atoms with E-state index in [4.69, 9.17) is 5.73 Å². The van der Waals surface area contributed by atoms with Crippen molar-refractivity contribution in [2.24, 2.45) is 5.73 Å². The number of benzene rings is 1. The first-order valence-electron chi connectivity index (χ1n) is 6.02. The first-order valence-corrected chi connectivity index (χ1v) is 7.51. The average Bonchev–Trinajstić information content (AvgIpc) is 2.46. The van der Waals surface area contributed by atoms with Crippen LogP contribution in [0.1, 0.15) is 5.56 Å². The van der Waals surface area contributed by atoms with Crippen molar-refractivity contribution in [1.29, 1.82) is 0 Å². The summed E-state index contributed by atoms with van der Waals surface area (Å²) in [5.74, 6) is 0. The summed E-state index contributed by atoms with van der Waals surface area (Å²) in [7, 11) is -3.63. The maximum Gasteiger partial charge on any atom is 0.316 e. The van der Waals surface area contributed by atoms with Crippen LogP contribution in [-0.2, 0) is 16.6 Å². The van der Waals surface area contributed by atoms with Crippen LogP contribution < -0.4 is 15.8 Å². The van der Waals surface area contributed by atoms with Crippen molar-refractivity contribution in [3.63, 3.8) is 0 Å². The number of hydrogen-bond donors (Lipinski definition) is 3. The second-order valence-corrected chi connectivity index (χ2v) is 5.97. The second-order valence-electron chi connectivity index (χ2n) is 4.20. The van der Waals surface area contributed by atoms with E-state index in [2.05, 4.69) is 15.0 Å². The SMILES string of the molecule is NC(=O)Nc1ccc(S(=O)(=O)NCc2cccnc2)cc1. The van der Waals surface area contributed by atoms with E-state index >= 15 is 0 Å². The summed E-state index contributed by atoms with van der Waals surface area (Å²) in [5.41, 5.74) is 6.16. The predicted molar refractivity (Wildman–Crippen MR) is 77.9 cm³/mol.